The number of para-hydroxylation sites is 4. The first kappa shape index (κ1) is 30.6. The maximum atomic E-state index is 6.69. The Balaban J connectivity index is 1.00. The lowest BCUT2D eigenvalue weighted by atomic mass is 9.82. The van der Waals surface area contributed by atoms with Crippen LogP contribution in [0.4, 0.5) is 28.4 Å². The first-order valence-corrected chi connectivity index (χ1v) is 18.5. The van der Waals surface area contributed by atoms with E-state index in [-0.39, 0.29) is 5.92 Å². The van der Waals surface area contributed by atoms with Gasteiger partial charge in [0.15, 0.2) is 0 Å². The van der Waals surface area contributed by atoms with Gasteiger partial charge in [0.1, 0.15) is 22.5 Å². The van der Waals surface area contributed by atoms with E-state index in [0.717, 1.165) is 95.6 Å². The molecule has 1 atom stereocenters. The molecule has 0 aliphatic heterocycles. The van der Waals surface area contributed by atoms with Crippen LogP contribution in [0.25, 0.3) is 49.8 Å². The molecule has 1 unspecified atom stereocenters. The number of nitrogens with zero attached hydrogens (tertiary/aromatic N) is 2. The smallest absolute Gasteiger partial charge is 0.136 e. The summed E-state index contributed by atoms with van der Waals surface area (Å²) in [5.41, 5.74) is 11.8. The van der Waals surface area contributed by atoms with Crippen molar-refractivity contribution in [2.45, 2.75) is 6.42 Å². The van der Waals surface area contributed by atoms with Gasteiger partial charge in [-0.1, -0.05) is 91.0 Å². The quantitative estimate of drug-likeness (QED) is 0.173. The summed E-state index contributed by atoms with van der Waals surface area (Å²) in [5, 5.41) is 5.63. The highest BCUT2D eigenvalue weighted by atomic mass is 16.3. The van der Waals surface area contributed by atoms with Crippen molar-refractivity contribution in [3.8, 4) is 0 Å². The average molecular weight is 695 g/mol. The molecular formula is C50H34N2O2. The number of benzene rings is 7. The van der Waals surface area contributed by atoms with Gasteiger partial charge in [-0.05, 0) is 113 Å². The van der Waals surface area contributed by atoms with E-state index in [1.807, 2.05) is 0 Å². The monoisotopic (exact) mass is 694 g/mol. The summed E-state index contributed by atoms with van der Waals surface area (Å²) in [6.45, 7) is 0. The molecular weight excluding hydrogens is 661 g/mol. The lowest BCUT2D eigenvalue weighted by Gasteiger charge is -2.31. The van der Waals surface area contributed by atoms with Gasteiger partial charge in [0.05, 0.1) is 0 Å². The molecule has 0 N–H and O–H groups in total. The Morgan fingerprint density at radius 3 is 1.69 bits per heavy atom. The molecule has 0 bridgehead atoms. The van der Waals surface area contributed by atoms with Crippen molar-refractivity contribution in [3.63, 3.8) is 0 Å². The summed E-state index contributed by atoms with van der Waals surface area (Å²) in [6, 6.07) is 57.5. The van der Waals surface area contributed by atoms with Crippen LogP contribution in [0.3, 0.4) is 0 Å². The van der Waals surface area contributed by atoms with Crippen LogP contribution >= 0.6 is 0 Å². The Hall–Kier alpha value is -7.04. The van der Waals surface area contributed by atoms with Crippen LogP contribution in [0.1, 0.15) is 11.3 Å². The Bertz CT molecular complexity index is 2880. The number of anilines is 5. The zero-order valence-electron chi connectivity index (χ0n) is 29.4. The highest BCUT2D eigenvalue weighted by Crippen LogP contribution is 2.46. The van der Waals surface area contributed by atoms with E-state index in [0.29, 0.717) is 0 Å². The van der Waals surface area contributed by atoms with Crippen LogP contribution in [-0.4, -0.2) is 0 Å². The summed E-state index contributed by atoms with van der Waals surface area (Å²) >= 11 is 0. The fraction of sp³-hybridized carbons (Fsp3) is 0.0400. The maximum absolute atomic E-state index is 6.69. The molecule has 256 valence electrons. The van der Waals surface area contributed by atoms with E-state index in [9.17, 15) is 0 Å². The van der Waals surface area contributed by atoms with Crippen molar-refractivity contribution >= 4 is 78.2 Å². The minimum atomic E-state index is 0.203. The molecule has 4 heteroatoms. The number of fused-ring (bicyclic) bond motifs is 9. The van der Waals surface area contributed by atoms with Crippen molar-refractivity contribution in [3.05, 3.63) is 205 Å². The third kappa shape index (κ3) is 4.99. The van der Waals surface area contributed by atoms with Gasteiger partial charge in [0, 0.05) is 68.2 Å². The van der Waals surface area contributed by atoms with Crippen LogP contribution in [0.2, 0.25) is 0 Å². The molecule has 0 saturated carbocycles. The molecule has 54 heavy (non-hydrogen) atoms. The second kappa shape index (κ2) is 12.3. The number of furan rings is 2. The zero-order valence-corrected chi connectivity index (χ0v) is 29.4. The minimum absolute atomic E-state index is 0.203. The molecule has 0 radical (unpaired) electrons. The van der Waals surface area contributed by atoms with E-state index in [1.54, 1.807) is 0 Å². The van der Waals surface area contributed by atoms with E-state index < -0.39 is 0 Å². The Kier molecular flexibility index (Phi) is 6.96. The van der Waals surface area contributed by atoms with Crippen LogP contribution < -0.4 is 9.80 Å². The number of rotatable bonds is 6. The van der Waals surface area contributed by atoms with Crippen molar-refractivity contribution < 1.29 is 8.83 Å². The summed E-state index contributed by atoms with van der Waals surface area (Å²) in [5.74, 6) is 1.22. The molecule has 2 heterocycles. The molecule has 11 rings (SSSR count). The largest absolute Gasteiger partial charge is 0.460 e. The second-order valence-electron chi connectivity index (χ2n) is 14.1. The highest BCUT2D eigenvalue weighted by Gasteiger charge is 2.29. The third-order valence-corrected chi connectivity index (χ3v) is 10.9. The number of hydrogen-bond donors (Lipinski definition) is 0. The SMILES string of the molecule is C1=CC(N(c2ccccc2)c2ccccc2)=CC2Cc3oc4ccc5oc6cc7cc(N(c8ccccc8)c8ccccc8)ccc7cc6c5c4c3C=C12. The first-order valence-electron chi connectivity index (χ1n) is 18.5. The lowest BCUT2D eigenvalue weighted by molar-refractivity contribution is 0.520. The molecule has 0 amide bonds. The van der Waals surface area contributed by atoms with Gasteiger partial charge in [0.2, 0.25) is 0 Å². The third-order valence-electron chi connectivity index (χ3n) is 10.9. The van der Waals surface area contributed by atoms with Crippen LogP contribution in [-0.2, 0) is 6.42 Å². The molecule has 2 aliphatic carbocycles. The molecule has 2 aromatic heterocycles. The predicted molar refractivity (Wildman–Crippen MR) is 223 cm³/mol. The van der Waals surface area contributed by atoms with E-state index in [1.165, 1.54) is 5.57 Å². The molecule has 9 aromatic rings. The average Bonchev–Trinajstić information content (AvgIpc) is 3.77. The van der Waals surface area contributed by atoms with Crippen LogP contribution in [0.15, 0.2) is 202 Å². The summed E-state index contributed by atoms with van der Waals surface area (Å²) in [4.78, 5) is 4.62. The van der Waals surface area contributed by atoms with Gasteiger partial charge in [-0.3, -0.25) is 0 Å². The van der Waals surface area contributed by atoms with Crippen molar-refractivity contribution in [2.24, 2.45) is 5.92 Å². The fourth-order valence-electron chi connectivity index (χ4n) is 8.42. The van der Waals surface area contributed by atoms with Crippen molar-refractivity contribution in [2.75, 3.05) is 9.80 Å². The summed E-state index contributed by atoms with van der Waals surface area (Å²) in [6.07, 6.45) is 10.1. The molecule has 0 spiro atoms. The number of hydrogen-bond acceptors (Lipinski definition) is 4. The first-order chi connectivity index (χ1) is 26.7. The van der Waals surface area contributed by atoms with E-state index in [2.05, 4.69) is 198 Å². The Morgan fingerprint density at radius 1 is 0.463 bits per heavy atom. The van der Waals surface area contributed by atoms with Gasteiger partial charge in [0.25, 0.3) is 0 Å². The van der Waals surface area contributed by atoms with Gasteiger partial charge >= 0.3 is 0 Å². The minimum Gasteiger partial charge on any atom is -0.460 e. The predicted octanol–water partition coefficient (Wildman–Crippen LogP) is 13.8. The Labute approximate surface area is 312 Å². The van der Waals surface area contributed by atoms with Crippen LogP contribution in [0.5, 0.6) is 0 Å². The number of allylic oxidation sites excluding steroid dienone is 4. The Morgan fingerprint density at radius 2 is 1.06 bits per heavy atom. The molecule has 0 fully saturated rings. The van der Waals surface area contributed by atoms with Gasteiger partial charge in [-0.15, -0.1) is 0 Å². The van der Waals surface area contributed by atoms with Crippen LogP contribution in [0, 0.1) is 5.92 Å². The normalized spacial score (nSPS) is 14.9. The van der Waals surface area contributed by atoms with Gasteiger partial charge in [-0.25, -0.2) is 0 Å². The van der Waals surface area contributed by atoms with Crippen molar-refractivity contribution in [1.82, 2.24) is 0 Å². The van der Waals surface area contributed by atoms with Gasteiger partial charge < -0.3 is 18.6 Å². The standard InChI is InChI=1S/C50H34N2O2/c1-5-13-37(14-6-1)51(38-15-7-2-8-16-38)41-23-21-33-29-43-47(31-35(33)27-41)53-45-25-26-46-50(49(43)45)44-30-34-22-24-42(28-36(34)32-48(44)54-46)52(39-17-9-3-10-18-39)40-19-11-4-12-20-40/h1-31,36H,32H2. The lowest BCUT2D eigenvalue weighted by Crippen LogP contribution is -2.20. The second-order valence-corrected chi connectivity index (χ2v) is 14.1. The fourth-order valence-corrected chi connectivity index (χ4v) is 8.42. The van der Waals surface area contributed by atoms with Crippen molar-refractivity contribution in [1.29, 1.82) is 0 Å². The molecule has 0 saturated heterocycles. The maximum Gasteiger partial charge on any atom is 0.136 e. The zero-order chi connectivity index (χ0) is 35.6. The van der Waals surface area contributed by atoms with Gasteiger partial charge in [-0.2, -0.15) is 0 Å². The molecule has 4 nitrogen and oxygen atoms in total. The summed E-state index contributed by atoms with van der Waals surface area (Å²) in [7, 11) is 0. The molecule has 2 aliphatic rings. The highest BCUT2D eigenvalue weighted by molar-refractivity contribution is 6.22. The topological polar surface area (TPSA) is 32.8 Å². The molecule has 7 aromatic carbocycles. The summed E-state index contributed by atoms with van der Waals surface area (Å²) < 4.78 is 13.3. The van der Waals surface area contributed by atoms with E-state index in [4.69, 9.17) is 8.83 Å². The van der Waals surface area contributed by atoms with E-state index >= 15 is 0 Å².